The number of carbonyl (C=O) groups is 1. The van der Waals surface area contributed by atoms with Gasteiger partial charge in [0.15, 0.2) is 0 Å². The van der Waals surface area contributed by atoms with E-state index in [2.05, 4.69) is 26.1 Å². The minimum atomic E-state index is -0.735. The highest BCUT2D eigenvalue weighted by molar-refractivity contribution is 6.53. The lowest BCUT2D eigenvalue weighted by molar-refractivity contribution is -0.138. The van der Waals surface area contributed by atoms with Gasteiger partial charge in [-0.1, -0.05) is 5.82 Å². The average Bonchev–Trinajstić information content (AvgIpc) is 1.98. The van der Waals surface area contributed by atoms with Gasteiger partial charge in [0.05, 0.1) is 0 Å². The number of carboxylic acid groups (broad SMARTS) is 1. The van der Waals surface area contributed by atoms with Gasteiger partial charge >= 0.3 is 0 Å². The number of nitrogens with one attached hydrogen (secondary N) is 1. The fourth-order valence-corrected chi connectivity index (χ4v) is 0.925. The molecule has 0 aromatic heterocycles. The van der Waals surface area contributed by atoms with E-state index >= 15 is 0 Å². The Morgan fingerprint density at radius 2 is 1.86 bits per heavy atom. The van der Waals surface area contributed by atoms with Crippen LogP contribution in [0, 0.1) is 0 Å². The van der Waals surface area contributed by atoms with E-state index in [1.54, 1.807) is 15.7 Å². The van der Waals surface area contributed by atoms with Crippen LogP contribution in [0.2, 0.25) is 11.0 Å². The molecule has 0 spiro atoms. The van der Waals surface area contributed by atoms with Gasteiger partial charge in [0.2, 0.25) is 0 Å². The average molecular weight is 195 g/mol. The van der Waals surface area contributed by atoms with Crippen LogP contribution in [0.15, 0.2) is 0 Å². The molecule has 0 aliphatic heterocycles. The Kier molecular flexibility index (Phi) is 4.31. The van der Waals surface area contributed by atoms with Crippen LogP contribution >= 0.6 is 0 Å². The van der Waals surface area contributed by atoms with Gasteiger partial charge in [0, 0.05) is 10.8 Å². The number of rotatable bonds is 4. The molecule has 0 radical (unpaired) electrons. The van der Waals surface area contributed by atoms with Gasteiger partial charge in [0.1, 0.15) is 23.5 Å². The van der Waals surface area contributed by atoms with E-state index in [9.17, 15) is 4.79 Å². The van der Waals surface area contributed by atoms with Crippen LogP contribution in [0.25, 0.3) is 0 Å². The third-order valence-electron chi connectivity index (χ3n) is 2.72. The molecule has 0 fully saturated rings. The fraction of sp³-hybridized carbons (Fsp3) is 0.875. The van der Waals surface area contributed by atoms with Crippen LogP contribution in [0.3, 0.4) is 0 Å². The zero-order valence-corrected chi connectivity index (χ0v) is 10.1. The van der Waals surface area contributed by atoms with Gasteiger partial charge in [-0.25, -0.2) is 0 Å². The molecule has 0 saturated heterocycles. The number of aliphatic carboxylic acids is 1. The summed E-state index contributed by atoms with van der Waals surface area (Å²) >= 11 is 0. The molecule has 2 N–H and O–H groups in total. The molecule has 78 valence electrons. The standard InChI is InChI=1S/C8H20B3NO2/c1-7(2,3)12-4-5(9)8(10,11)6(13)14/h5,12H,4,9-11H2,1-3H3,(H,13,14). The molecule has 0 rings (SSSR count). The first kappa shape index (κ1) is 13.6. The maximum atomic E-state index is 11.0. The molecule has 0 heterocycles. The van der Waals surface area contributed by atoms with Crippen molar-refractivity contribution in [2.45, 2.75) is 37.3 Å². The summed E-state index contributed by atoms with van der Waals surface area (Å²) in [5.74, 6) is -0.625. The van der Waals surface area contributed by atoms with Gasteiger partial charge in [0.25, 0.3) is 5.97 Å². The molecule has 14 heavy (non-hydrogen) atoms. The zero-order valence-electron chi connectivity index (χ0n) is 10.1. The quantitative estimate of drug-likeness (QED) is 0.523. The lowest BCUT2D eigenvalue weighted by Gasteiger charge is -2.31. The second-order valence-electron chi connectivity index (χ2n) is 5.56. The van der Waals surface area contributed by atoms with Crippen molar-refractivity contribution in [1.82, 2.24) is 5.32 Å². The maximum absolute atomic E-state index is 11.0. The van der Waals surface area contributed by atoms with E-state index in [4.69, 9.17) is 5.11 Å². The molecular weight excluding hydrogens is 175 g/mol. The van der Waals surface area contributed by atoms with Crippen molar-refractivity contribution in [3.63, 3.8) is 0 Å². The van der Waals surface area contributed by atoms with Gasteiger partial charge in [-0.2, -0.15) is 0 Å². The molecule has 6 heteroatoms. The Morgan fingerprint density at radius 1 is 1.43 bits per heavy atom. The van der Waals surface area contributed by atoms with E-state index in [1.165, 1.54) is 0 Å². The zero-order chi connectivity index (χ0) is 11.6. The van der Waals surface area contributed by atoms with Crippen molar-refractivity contribution >= 4 is 29.5 Å². The van der Waals surface area contributed by atoms with Gasteiger partial charge in [-0.15, -0.1) is 0 Å². The van der Waals surface area contributed by atoms with E-state index in [0.717, 1.165) is 6.54 Å². The highest BCUT2D eigenvalue weighted by Gasteiger charge is 2.33. The molecule has 1 unspecified atom stereocenters. The number of hydrogen-bond acceptors (Lipinski definition) is 2. The molecule has 0 amide bonds. The van der Waals surface area contributed by atoms with E-state index < -0.39 is 11.2 Å². The Bertz CT molecular complexity index is 213. The number of carboxylic acids is 1. The largest absolute Gasteiger partial charge is 0.482 e. The third kappa shape index (κ3) is 4.22. The highest BCUT2D eigenvalue weighted by Crippen LogP contribution is 2.30. The monoisotopic (exact) mass is 195 g/mol. The van der Waals surface area contributed by atoms with Gasteiger partial charge in [-0.05, 0) is 27.3 Å². The Hall–Kier alpha value is -0.375. The van der Waals surface area contributed by atoms with Crippen molar-refractivity contribution in [1.29, 1.82) is 0 Å². The molecule has 0 aliphatic carbocycles. The Labute approximate surface area is 89.3 Å². The summed E-state index contributed by atoms with van der Waals surface area (Å²) in [5.41, 5.74) is 0.0445. The highest BCUT2D eigenvalue weighted by atomic mass is 16.4. The van der Waals surface area contributed by atoms with Crippen LogP contribution in [0.4, 0.5) is 0 Å². The molecular formula is C8H20B3NO2. The second kappa shape index (κ2) is 4.43. The van der Waals surface area contributed by atoms with Crippen LogP contribution in [0.1, 0.15) is 20.8 Å². The number of hydrogen-bond donors (Lipinski definition) is 2. The molecule has 0 saturated carbocycles. The summed E-state index contributed by atoms with van der Waals surface area (Å²) in [5, 5.41) is 11.7. The fourth-order valence-electron chi connectivity index (χ4n) is 0.925. The Morgan fingerprint density at radius 3 is 2.14 bits per heavy atom. The lowest BCUT2D eigenvalue weighted by Crippen LogP contribution is -2.42. The molecule has 0 aliphatic rings. The van der Waals surface area contributed by atoms with Crippen molar-refractivity contribution < 1.29 is 9.90 Å². The molecule has 0 aromatic carbocycles. The molecule has 3 nitrogen and oxygen atoms in total. The maximum Gasteiger partial charge on any atom is 0.293 e. The first-order valence-electron chi connectivity index (χ1n) is 5.06. The van der Waals surface area contributed by atoms with Crippen LogP contribution in [0.5, 0.6) is 0 Å². The van der Waals surface area contributed by atoms with Crippen LogP contribution in [-0.2, 0) is 4.79 Å². The Balaban J connectivity index is 4.22. The van der Waals surface area contributed by atoms with Crippen LogP contribution in [-0.4, -0.2) is 46.7 Å². The van der Waals surface area contributed by atoms with Crippen molar-refractivity contribution in [2.24, 2.45) is 0 Å². The van der Waals surface area contributed by atoms with Crippen LogP contribution < -0.4 is 5.32 Å². The first-order valence-corrected chi connectivity index (χ1v) is 5.06. The molecule has 0 bridgehead atoms. The summed E-state index contributed by atoms with van der Waals surface area (Å²) in [7, 11) is 5.50. The lowest BCUT2D eigenvalue weighted by atomic mass is 9.43. The summed E-state index contributed by atoms with van der Waals surface area (Å²) in [6.45, 7) is 6.96. The first-order chi connectivity index (χ1) is 6.07. The minimum absolute atomic E-state index is 0.0445. The van der Waals surface area contributed by atoms with Gasteiger partial charge in [-0.3, -0.25) is 4.79 Å². The van der Waals surface area contributed by atoms with E-state index in [0.29, 0.717) is 0 Å². The normalized spacial score (nSPS) is 15.1. The SMILES string of the molecule is BC(CNC(C)(C)C)C(B)(B)C(=O)O. The smallest absolute Gasteiger partial charge is 0.293 e. The third-order valence-corrected chi connectivity index (χ3v) is 2.72. The summed E-state index contributed by atoms with van der Waals surface area (Å²) < 4.78 is 0. The summed E-state index contributed by atoms with van der Waals surface area (Å²) in [6, 6.07) is 0. The van der Waals surface area contributed by atoms with Crippen molar-refractivity contribution in [3.05, 3.63) is 0 Å². The van der Waals surface area contributed by atoms with Gasteiger partial charge < -0.3 is 10.4 Å². The van der Waals surface area contributed by atoms with Crippen molar-refractivity contribution in [2.75, 3.05) is 6.54 Å². The topological polar surface area (TPSA) is 49.3 Å². The van der Waals surface area contributed by atoms with E-state index in [1.807, 2.05) is 7.85 Å². The van der Waals surface area contributed by atoms with E-state index in [-0.39, 0.29) is 11.4 Å². The minimum Gasteiger partial charge on any atom is -0.482 e. The molecule has 0 aromatic rings. The predicted octanol–water partition coefficient (Wildman–Crippen LogP) is -1.74. The molecule has 1 atom stereocenters. The predicted molar refractivity (Wildman–Crippen MR) is 67.5 cm³/mol. The van der Waals surface area contributed by atoms with Crippen molar-refractivity contribution in [3.8, 4) is 0 Å². The summed E-state index contributed by atoms with van der Waals surface area (Å²) in [4.78, 5) is 11.0. The second-order valence-corrected chi connectivity index (χ2v) is 5.56. The summed E-state index contributed by atoms with van der Waals surface area (Å²) in [6.07, 6.45) is 0.